The Bertz CT molecular complexity index is 395. The van der Waals surface area contributed by atoms with Gasteiger partial charge in [0.05, 0.1) is 17.5 Å². The van der Waals surface area contributed by atoms with E-state index in [-0.39, 0.29) is 11.2 Å². The molecule has 1 aliphatic rings. The number of hydrogen-bond donors (Lipinski definition) is 1. The van der Waals surface area contributed by atoms with Gasteiger partial charge < -0.3 is 0 Å². The smallest absolute Gasteiger partial charge is 0.193 e. The molecule has 1 aromatic heterocycles. The van der Waals surface area contributed by atoms with Crippen molar-refractivity contribution in [3.8, 4) is 0 Å². The second-order valence-corrected chi connectivity index (χ2v) is 8.02. The van der Waals surface area contributed by atoms with E-state index in [0.717, 1.165) is 5.69 Å². The number of aromatic amines is 1. The molecule has 0 atom stereocenters. The quantitative estimate of drug-likeness (QED) is 0.747. The normalized spacial score (nSPS) is 23.3. The van der Waals surface area contributed by atoms with E-state index in [1.807, 2.05) is 0 Å². The fraction of sp³-hybridized carbons (Fsp3) is 0.556. The lowest BCUT2D eigenvalue weighted by Gasteiger charge is -2.35. The van der Waals surface area contributed by atoms with Crippen molar-refractivity contribution in [3.63, 3.8) is 0 Å². The molecule has 5 heteroatoms. The van der Waals surface area contributed by atoms with Gasteiger partial charge in [0.1, 0.15) is 3.23 Å². The summed E-state index contributed by atoms with van der Waals surface area (Å²) in [6, 6.07) is 0. The minimum atomic E-state index is -0.639. The topological polar surface area (TPSA) is 45.8 Å². The van der Waals surface area contributed by atoms with E-state index in [9.17, 15) is 4.79 Å². The molecule has 14 heavy (non-hydrogen) atoms. The van der Waals surface area contributed by atoms with Crippen molar-refractivity contribution in [3.05, 3.63) is 17.5 Å². The molecule has 3 nitrogen and oxygen atoms in total. The van der Waals surface area contributed by atoms with Crippen LogP contribution in [-0.2, 0) is 5.41 Å². The van der Waals surface area contributed by atoms with Crippen molar-refractivity contribution in [1.29, 1.82) is 0 Å². The zero-order chi connectivity index (χ0) is 10.6. The van der Waals surface area contributed by atoms with Gasteiger partial charge in [0.25, 0.3) is 0 Å². The number of fused-ring (bicyclic) bond motifs is 1. The van der Waals surface area contributed by atoms with Crippen LogP contribution < -0.4 is 0 Å². The number of nitrogens with one attached hydrogen (secondary N) is 1. The van der Waals surface area contributed by atoms with Crippen LogP contribution in [0.25, 0.3) is 0 Å². The second-order valence-electron chi connectivity index (χ2n) is 4.25. The third-order valence-electron chi connectivity index (χ3n) is 2.56. The predicted molar refractivity (Wildman–Crippen MR) is 61.1 cm³/mol. The van der Waals surface area contributed by atoms with Crippen molar-refractivity contribution in [1.82, 2.24) is 10.2 Å². The first kappa shape index (κ1) is 10.4. The molecule has 0 amide bonds. The number of halogens is 2. The molecule has 2 rings (SSSR count). The summed E-state index contributed by atoms with van der Waals surface area (Å²) in [5.41, 5.74) is 1.53. The second kappa shape index (κ2) is 2.92. The van der Waals surface area contributed by atoms with E-state index >= 15 is 0 Å². The number of carbonyl (C=O) groups is 1. The monoisotopic (exact) mass is 320 g/mol. The molecule has 0 saturated carbocycles. The first-order valence-corrected chi connectivity index (χ1v) is 5.90. The van der Waals surface area contributed by atoms with Crippen LogP contribution in [0.15, 0.2) is 6.20 Å². The summed E-state index contributed by atoms with van der Waals surface area (Å²) >= 11 is 6.83. The SMILES string of the molecule is CC1(C)CC(Br)(Br)C(=O)c2cn[nH]c21. The number of Topliss-reactive ketones (excluding diaryl/α,β-unsaturated/α-hetero) is 1. The van der Waals surface area contributed by atoms with Gasteiger partial charge in [0.2, 0.25) is 0 Å². The maximum Gasteiger partial charge on any atom is 0.193 e. The fourth-order valence-corrected chi connectivity index (χ4v) is 3.72. The molecule has 0 spiro atoms. The van der Waals surface area contributed by atoms with E-state index in [0.29, 0.717) is 12.0 Å². The molecule has 1 aliphatic carbocycles. The number of H-pyrrole nitrogens is 1. The number of hydrogen-bond acceptors (Lipinski definition) is 2. The zero-order valence-corrected chi connectivity index (χ0v) is 11.1. The number of aromatic nitrogens is 2. The summed E-state index contributed by atoms with van der Waals surface area (Å²) in [5, 5.41) is 6.83. The Balaban J connectivity index is 2.62. The molecule has 0 aromatic carbocycles. The molecule has 0 unspecified atom stereocenters. The van der Waals surface area contributed by atoms with Crippen LogP contribution in [0.5, 0.6) is 0 Å². The molecular formula is C9H10Br2N2O. The van der Waals surface area contributed by atoms with E-state index < -0.39 is 3.23 Å². The Hall–Kier alpha value is -0.160. The number of carbonyl (C=O) groups excluding carboxylic acids is 1. The number of alkyl halides is 2. The molecule has 1 N–H and O–H groups in total. The zero-order valence-electron chi connectivity index (χ0n) is 7.90. The van der Waals surface area contributed by atoms with Crippen molar-refractivity contribution in [2.75, 3.05) is 0 Å². The van der Waals surface area contributed by atoms with Crippen molar-refractivity contribution in [2.45, 2.75) is 28.9 Å². The van der Waals surface area contributed by atoms with Gasteiger partial charge in [0.15, 0.2) is 5.78 Å². The molecule has 76 valence electrons. The van der Waals surface area contributed by atoms with Gasteiger partial charge in [-0.25, -0.2) is 0 Å². The van der Waals surface area contributed by atoms with Crippen LogP contribution in [0, 0.1) is 0 Å². The molecule has 1 heterocycles. The van der Waals surface area contributed by atoms with Crippen LogP contribution >= 0.6 is 31.9 Å². The van der Waals surface area contributed by atoms with Gasteiger partial charge in [-0.2, -0.15) is 5.10 Å². The van der Waals surface area contributed by atoms with Gasteiger partial charge in [-0.05, 0) is 6.42 Å². The van der Waals surface area contributed by atoms with Gasteiger partial charge >= 0.3 is 0 Å². The average Bonchev–Trinajstić information content (AvgIpc) is 2.46. The Labute approximate surface area is 98.9 Å². The molecule has 1 aromatic rings. The van der Waals surface area contributed by atoms with Crippen molar-refractivity contribution >= 4 is 37.6 Å². The molecule has 0 radical (unpaired) electrons. The summed E-state index contributed by atoms with van der Waals surface area (Å²) in [5.74, 6) is 0.0422. The summed E-state index contributed by atoms with van der Waals surface area (Å²) in [4.78, 5) is 11.9. The lowest BCUT2D eigenvalue weighted by Crippen LogP contribution is -2.40. The highest BCUT2D eigenvalue weighted by Gasteiger charge is 2.47. The number of nitrogens with zero attached hydrogens (tertiary/aromatic N) is 1. The Morgan fingerprint density at radius 2 is 2.14 bits per heavy atom. The molecule has 0 aliphatic heterocycles. The summed E-state index contributed by atoms with van der Waals surface area (Å²) in [6.45, 7) is 4.18. The Kier molecular flexibility index (Phi) is 2.16. The van der Waals surface area contributed by atoms with Crippen LogP contribution in [-0.4, -0.2) is 19.2 Å². The summed E-state index contributed by atoms with van der Waals surface area (Å²) < 4.78 is -0.639. The minimum Gasteiger partial charge on any atom is -0.291 e. The van der Waals surface area contributed by atoms with E-state index in [4.69, 9.17) is 0 Å². The van der Waals surface area contributed by atoms with Crippen molar-refractivity contribution < 1.29 is 4.79 Å². The lowest BCUT2D eigenvalue weighted by molar-refractivity contribution is 0.0956. The van der Waals surface area contributed by atoms with Gasteiger partial charge in [-0.15, -0.1) is 0 Å². The molecule has 0 bridgehead atoms. The molecular weight excluding hydrogens is 312 g/mol. The molecule has 0 fully saturated rings. The highest BCUT2D eigenvalue weighted by Crippen LogP contribution is 2.47. The van der Waals surface area contributed by atoms with Crippen LogP contribution in [0.1, 0.15) is 36.3 Å². The lowest BCUT2D eigenvalue weighted by atomic mass is 9.76. The van der Waals surface area contributed by atoms with Crippen LogP contribution in [0.3, 0.4) is 0 Å². The highest BCUT2D eigenvalue weighted by atomic mass is 79.9. The highest BCUT2D eigenvalue weighted by molar-refractivity contribution is 9.26. The Morgan fingerprint density at radius 3 is 2.79 bits per heavy atom. The van der Waals surface area contributed by atoms with E-state index in [1.54, 1.807) is 6.20 Å². The first-order valence-electron chi connectivity index (χ1n) is 4.31. The maximum atomic E-state index is 11.9. The third-order valence-corrected chi connectivity index (χ3v) is 3.84. The van der Waals surface area contributed by atoms with Crippen LogP contribution in [0.4, 0.5) is 0 Å². The standard InChI is InChI=1S/C9H10Br2N2O/c1-8(2)4-9(10,11)7(14)5-3-12-13-6(5)8/h3H,4H2,1-2H3,(H,12,13). The van der Waals surface area contributed by atoms with E-state index in [1.165, 1.54) is 0 Å². The molecule has 0 saturated heterocycles. The maximum absolute atomic E-state index is 11.9. The summed E-state index contributed by atoms with van der Waals surface area (Å²) in [6.07, 6.45) is 2.30. The minimum absolute atomic E-state index is 0.0422. The average molecular weight is 322 g/mol. The van der Waals surface area contributed by atoms with E-state index in [2.05, 4.69) is 55.9 Å². The fourth-order valence-electron chi connectivity index (χ4n) is 1.89. The Morgan fingerprint density at radius 1 is 1.50 bits per heavy atom. The predicted octanol–water partition coefficient (Wildman–Crippen LogP) is 2.76. The van der Waals surface area contributed by atoms with Gasteiger partial charge in [0, 0.05) is 5.41 Å². The third kappa shape index (κ3) is 1.37. The first-order chi connectivity index (χ1) is 6.34. The largest absolute Gasteiger partial charge is 0.291 e. The van der Waals surface area contributed by atoms with Crippen LogP contribution in [0.2, 0.25) is 0 Å². The van der Waals surface area contributed by atoms with Crippen molar-refractivity contribution in [2.24, 2.45) is 0 Å². The number of ketones is 1. The summed E-state index contributed by atoms with van der Waals surface area (Å²) in [7, 11) is 0. The number of rotatable bonds is 0. The van der Waals surface area contributed by atoms with Gasteiger partial charge in [-0.1, -0.05) is 45.7 Å². The van der Waals surface area contributed by atoms with Gasteiger partial charge in [-0.3, -0.25) is 9.89 Å².